The summed E-state index contributed by atoms with van der Waals surface area (Å²) in [5, 5.41) is 10.2. The fourth-order valence-corrected chi connectivity index (χ4v) is 2.47. The van der Waals surface area contributed by atoms with Gasteiger partial charge < -0.3 is 14.6 Å². The van der Waals surface area contributed by atoms with Gasteiger partial charge in [-0.15, -0.1) is 11.8 Å². The second kappa shape index (κ2) is 7.12. The molecule has 0 saturated carbocycles. The number of aromatic nitrogens is 2. The number of aliphatic hydroxyl groups excluding tert-OH is 1. The summed E-state index contributed by atoms with van der Waals surface area (Å²) in [6.45, 7) is 0. The van der Waals surface area contributed by atoms with Crippen LogP contribution in [0.4, 0.5) is 0 Å². The van der Waals surface area contributed by atoms with Crippen LogP contribution < -0.4 is 9.47 Å². The number of methoxy groups -OCH3 is 2. The Labute approximate surface area is 122 Å². The van der Waals surface area contributed by atoms with Crippen LogP contribution in [-0.2, 0) is 0 Å². The van der Waals surface area contributed by atoms with Crippen LogP contribution in [0.25, 0.3) is 0 Å². The Balaban J connectivity index is 2.07. The lowest BCUT2D eigenvalue weighted by molar-refractivity contribution is 0.191. The zero-order valence-electron chi connectivity index (χ0n) is 11.3. The lowest BCUT2D eigenvalue weighted by Gasteiger charge is -2.13. The van der Waals surface area contributed by atoms with Gasteiger partial charge in [0.1, 0.15) is 11.8 Å². The van der Waals surface area contributed by atoms with Crippen molar-refractivity contribution in [3.05, 3.63) is 42.2 Å². The summed E-state index contributed by atoms with van der Waals surface area (Å²) in [5.41, 5.74) is 0.414. The SMILES string of the molecule is COc1cnc(C(O)CSc2ccccc2)c(OC)n1. The van der Waals surface area contributed by atoms with Crippen LogP contribution in [0.3, 0.4) is 0 Å². The molecular weight excluding hydrogens is 276 g/mol. The molecule has 1 aromatic heterocycles. The molecule has 1 heterocycles. The van der Waals surface area contributed by atoms with Crippen molar-refractivity contribution >= 4 is 11.8 Å². The summed E-state index contributed by atoms with van der Waals surface area (Å²) >= 11 is 1.55. The number of hydrogen-bond acceptors (Lipinski definition) is 6. The molecular formula is C14H16N2O3S. The second-order valence-electron chi connectivity index (χ2n) is 3.95. The van der Waals surface area contributed by atoms with E-state index in [1.54, 1.807) is 11.8 Å². The first-order valence-electron chi connectivity index (χ1n) is 6.05. The molecule has 2 rings (SSSR count). The molecule has 0 fully saturated rings. The predicted molar refractivity (Wildman–Crippen MR) is 77.3 cm³/mol. The van der Waals surface area contributed by atoms with Gasteiger partial charge in [0.2, 0.25) is 11.8 Å². The molecule has 0 amide bonds. The first kappa shape index (κ1) is 14.6. The highest BCUT2D eigenvalue weighted by atomic mass is 32.2. The maximum absolute atomic E-state index is 10.2. The number of aliphatic hydroxyl groups is 1. The van der Waals surface area contributed by atoms with E-state index in [9.17, 15) is 5.11 Å². The molecule has 2 aromatic rings. The van der Waals surface area contributed by atoms with Gasteiger partial charge >= 0.3 is 0 Å². The van der Waals surface area contributed by atoms with Crippen molar-refractivity contribution in [3.63, 3.8) is 0 Å². The maximum atomic E-state index is 10.2. The lowest BCUT2D eigenvalue weighted by atomic mass is 10.3. The monoisotopic (exact) mass is 292 g/mol. The van der Waals surface area contributed by atoms with Gasteiger partial charge in [-0.1, -0.05) is 18.2 Å². The van der Waals surface area contributed by atoms with E-state index in [0.717, 1.165) is 4.90 Å². The summed E-state index contributed by atoms with van der Waals surface area (Å²) in [6, 6.07) is 9.87. The molecule has 1 atom stereocenters. The largest absolute Gasteiger partial charge is 0.480 e. The number of hydrogen-bond donors (Lipinski definition) is 1. The Morgan fingerprint density at radius 2 is 1.95 bits per heavy atom. The van der Waals surface area contributed by atoms with E-state index in [2.05, 4.69) is 9.97 Å². The molecule has 106 valence electrons. The van der Waals surface area contributed by atoms with Crippen LogP contribution in [0.15, 0.2) is 41.4 Å². The van der Waals surface area contributed by atoms with Gasteiger partial charge in [-0.05, 0) is 12.1 Å². The fraction of sp³-hybridized carbons (Fsp3) is 0.286. The molecule has 6 heteroatoms. The normalized spacial score (nSPS) is 11.9. The number of nitrogens with zero attached hydrogens (tertiary/aromatic N) is 2. The van der Waals surface area contributed by atoms with Crippen LogP contribution >= 0.6 is 11.8 Å². The zero-order chi connectivity index (χ0) is 14.4. The molecule has 1 unspecified atom stereocenters. The highest BCUT2D eigenvalue weighted by Crippen LogP contribution is 2.28. The van der Waals surface area contributed by atoms with E-state index in [4.69, 9.17) is 9.47 Å². The Hall–Kier alpha value is -1.79. The van der Waals surface area contributed by atoms with Gasteiger partial charge in [0, 0.05) is 10.6 Å². The third-order valence-electron chi connectivity index (χ3n) is 2.61. The van der Waals surface area contributed by atoms with E-state index in [0.29, 0.717) is 17.3 Å². The summed E-state index contributed by atoms with van der Waals surface area (Å²) in [4.78, 5) is 9.36. The van der Waals surface area contributed by atoms with Crippen molar-refractivity contribution in [1.29, 1.82) is 0 Å². The predicted octanol–water partition coefficient (Wildman–Crippen LogP) is 2.32. The van der Waals surface area contributed by atoms with E-state index in [1.807, 2.05) is 30.3 Å². The zero-order valence-corrected chi connectivity index (χ0v) is 12.1. The first-order valence-corrected chi connectivity index (χ1v) is 7.04. The summed E-state index contributed by atoms with van der Waals surface area (Å²) in [6.07, 6.45) is 0.711. The summed E-state index contributed by atoms with van der Waals surface area (Å²) in [5.74, 6) is 1.11. The number of thioether (sulfide) groups is 1. The maximum Gasteiger partial charge on any atom is 0.241 e. The van der Waals surface area contributed by atoms with Gasteiger partial charge in [0.05, 0.1) is 20.4 Å². The number of benzene rings is 1. The topological polar surface area (TPSA) is 64.5 Å². The van der Waals surface area contributed by atoms with E-state index in [-0.39, 0.29) is 5.88 Å². The van der Waals surface area contributed by atoms with Crippen molar-refractivity contribution in [1.82, 2.24) is 9.97 Å². The molecule has 20 heavy (non-hydrogen) atoms. The average molecular weight is 292 g/mol. The summed E-state index contributed by atoms with van der Waals surface area (Å²) in [7, 11) is 2.99. The molecule has 5 nitrogen and oxygen atoms in total. The van der Waals surface area contributed by atoms with Crippen LogP contribution in [0.5, 0.6) is 11.8 Å². The molecule has 0 aliphatic rings. The van der Waals surface area contributed by atoms with E-state index >= 15 is 0 Å². The molecule has 0 bridgehead atoms. The van der Waals surface area contributed by atoms with Crippen LogP contribution in [0, 0.1) is 0 Å². The van der Waals surface area contributed by atoms with Crippen molar-refractivity contribution < 1.29 is 14.6 Å². The standard InChI is InChI=1S/C14H16N2O3S/c1-18-12-8-15-13(14(16-12)19-2)11(17)9-20-10-6-4-3-5-7-10/h3-8,11,17H,9H2,1-2H3. The Morgan fingerprint density at radius 3 is 2.60 bits per heavy atom. The van der Waals surface area contributed by atoms with Crippen LogP contribution in [0.2, 0.25) is 0 Å². The Bertz CT molecular complexity index is 551. The van der Waals surface area contributed by atoms with Gasteiger partial charge in [0.15, 0.2) is 0 Å². The molecule has 1 N–H and O–H groups in total. The second-order valence-corrected chi connectivity index (χ2v) is 5.04. The highest BCUT2D eigenvalue weighted by Gasteiger charge is 2.17. The van der Waals surface area contributed by atoms with E-state index < -0.39 is 6.10 Å². The van der Waals surface area contributed by atoms with Gasteiger partial charge in [-0.2, -0.15) is 4.98 Å². The van der Waals surface area contributed by atoms with E-state index in [1.165, 1.54) is 20.4 Å². The van der Waals surface area contributed by atoms with Gasteiger partial charge in [0.25, 0.3) is 0 Å². The lowest BCUT2D eigenvalue weighted by Crippen LogP contribution is -2.08. The number of rotatable bonds is 6. The Morgan fingerprint density at radius 1 is 1.20 bits per heavy atom. The van der Waals surface area contributed by atoms with Crippen molar-refractivity contribution in [2.24, 2.45) is 0 Å². The fourth-order valence-electron chi connectivity index (χ4n) is 1.61. The van der Waals surface area contributed by atoms with Gasteiger partial charge in [-0.25, -0.2) is 4.98 Å². The van der Waals surface area contributed by atoms with Crippen LogP contribution in [-0.4, -0.2) is 35.0 Å². The quantitative estimate of drug-likeness (QED) is 0.824. The molecule has 0 radical (unpaired) electrons. The van der Waals surface area contributed by atoms with Gasteiger partial charge in [-0.3, -0.25) is 0 Å². The third kappa shape index (κ3) is 3.61. The minimum Gasteiger partial charge on any atom is -0.480 e. The highest BCUT2D eigenvalue weighted by molar-refractivity contribution is 7.99. The molecule has 0 aliphatic heterocycles. The van der Waals surface area contributed by atoms with Crippen molar-refractivity contribution in [2.45, 2.75) is 11.0 Å². The minimum atomic E-state index is -0.756. The molecule has 0 spiro atoms. The van der Waals surface area contributed by atoms with Crippen LogP contribution in [0.1, 0.15) is 11.8 Å². The molecule has 0 saturated heterocycles. The first-order chi connectivity index (χ1) is 9.74. The average Bonchev–Trinajstić information content (AvgIpc) is 2.52. The molecule has 0 aliphatic carbocycles. The number of ether oxygens (including phenoxy) is 2. The minimum absolute atomic E-state index is 0.283. The van der Waals surface area contributed by atoms with Crippen molar-refractivity contribution in [3.8, 4) is 11.8 Å². The third-order valence-corrected chi connectivity index (χ3v) is 3.70. The summed E-state index contributed by atoms with van der Waals surface area (Å²) < 4.78 is 10.1. The Kier molecular flexibility index (Phi) is 5.20. The van der Waals surface area contributed by atoms with Crippen molar-refractivity contribution in [2.75, 3.05) is 20.0 Å². The molecule has 1 aromatic carbocycles. The smallest absolute Gasteiger partial charge is 0.241 e.